The van der Waals surface area contributed by atoms with Crippen molar-refractivity contribution < 1.29 is 53.1 Å². The highest BCUT2D eigenvalue weighted by molar-refractivity contribution is 6.18. The first kappa shape index (κ1) is 38.0. The Hall–Kier alpha value is -4.17. The lowest BCUT2D eigenvalue weighted by Crippen LogP contribution is -2.58. The Kier molecular flexibility index (Phi) is 14.5. The number of carbonyl (C=O) groups is 5. The summed E-state index contributed by atoms with van der Waals surface area (Å²) in [5, 5.41) is 24.5. The van der Waals surface area contributed by atoms with E-state index in [1.165, 1.54) is 0 Å². The minimum atomic E-state index is -2.02. The maximum absolute atomic E-state index is 14.0. The van der Waals surface area contributed by atoms with Gasteiger partial charge in [-0.1, -0.05) is 60.7 Å². The van der Waals surface area contributed by atoms with Gasteiger partial charge >= 0.3 is 12.2 Å². The van der Waals surface area contributed by atoms with Gasteiger partial charge in [-0.25, -0.2) is 9.59 Å². The van der Waals surface area contributed by atoms with Gasteiger partial charge in [-0.3, -0.25) is 14.4 Å². The molecule has 0 aliphatic rings. The molecular weight excluding hydrogens is 600 g/mol. The number of nitrogens with one attached hydrogen (secondary N) is 2. The van der Waals surface area contributed by atoms with E-state index in [9.17, 15) is 34.2 Å². The highest BCUT2D eigenvalue weighted by Gasteiger charge is 2.45. The average molecular weight is 645 g/mol. The van der Waals surface area contributed by atoms with Crippen LogP contribution in [-0.4, -0.2) is 88.5 Å². The fourth-order valence-corrected chi connectivity index (χ4v) is 3.95. The zero-order valence-corrected chi connectivity index (χ0v) is 27.0. The molecule has 0 heterocycles. The lowest BCUT2D eigenvalue weighted by Gasteiger charge is -2.33. The van der Waals surface area contributed by atoms with Gasteiger partial charge in [0.15, 0.2) is 23.8 Å². The van der Waals surface area contributed by atoms with Crippen molar-refractivity contribution in [3.63, 3.8) is 0 Å². The monoisotopic (exact) mass is 644 g/mol. The van der Waals surface area contributed by atoms with Crippen molar-refractivity contribution in [1.82, 2.24) is 10.6 Å². The van der Waals surface area contributed by atoms with Gasteiger partial charge in [0.1, 0.15) is 25.3 Å². The standard InChI is InChI=1S/C33H44N2O11/c1-32(2,3)45-28(25(38)23(17-36)34-30(41)43-19-21-13-9-7-10-14-21)27(40)29(46-33(4,5)6)26(39)24(18-37)35-31(42)44-20-22-15-11-8-12-16-22/h7-16,23-24,28-29,36-37H,17-20H2,1-6H3,(H,34,41)(H,35,42)/t23-,24-,28?,29?/m1/s1. The second-order valence-electron chi connectivity index (χ2n) is 12.3. The quantitative estimate of drug-likeness (QED) is 0.197. The molecule has 2 amide bonds. The third-order valence-corrected chi connectivity index (χ3v) is 6.04. The Bertz CT molecular complexity index is 1200. The lowest BCUT2D eigenvalue weighted by atomic mass is 9.94. The number of hydrogen-bond acceptors (Lipinski definition) is 11. The molecule has 2 aromatic carbocycles. The van der Waals surface area contributed by atoms with Crippen molar-refractivity contribution in [2.24, 2.45) is 0 Å². The molecule has 0 aliphatic heterocycles. The van der Waals surface area contributed by atoms with Gasteiger partial charge in [-0.15, -0.1) is 0 Å². The SMILES string of the molecule is CC(C)(C)OC(C(=O)C(OC(C)(C)C)C(=O)[C@@H](CO)NC(=O)OCc1ccccc1)C(=O)[C@@H](CO)NC(=O)OCc1ccccc1. The molecule has 0 aliphatic carbocycles. The molecule has 252 valence electrons. The van der Waals surface area contributed by atoms with Crippen molar-refractivity contribution in [1.29, 1.82) is 0 Å². The number of amides is 2. The van der Waals surface area contributed by atoms with Crippen LogP contribution in [0.1, 0.15) is 52.7 Å². The zero-order chi connectivity index (χ0) is 34.5. The molecule has 0 spiro atoms. The van der Waals surface area contributed by atoms with Gasteiger partial charge in [0.05, 0.1) is 24.4 Å². The predicted molar refractivity (Wildman–Crippen MR) is 166 cm³/mol. The van der Waals surface area contributed by atoms with Crippen LogP contribution >= 0.6 is 0 Å². The number of benzene rings is 2. The number of aliphatic hydroxyl groups excluding tert-OH is 2. The summed E-state index contributed by atoms with van der Waals surface area (Å²) in [4.78, 5) is 66.3. The second-order valence-corrected chi connectivity index (χ2v) is 12.3. The fraction of sp³-hybridized carbons (Fsp3) is 0.485. The number of hydrogen-bond donors (Lipinski definition) is 4. The minimum Gasteiger partial charge on any atom is -0.445 e. The molecule has 46 heavy (non-hydrogen) atoms. The van der Waals surface area contributed by atoms with Crippen LogP contribution in [0.2, 0.25) is 0 Å². The third-order valence-electron chi connectivity index (χ3n) is 6.04. The van der Waals surface area contributed by atoms with E-state index in [1.54, 1.807) is 102 Å². The molecule has 0 aromatic heterocycles. The van der Waals surface area contributed by atoms with Crippen LogP contribution in [0.4, 0.5) is 9.59 Å². The van der Waals surface area contributed by atoms with Gasteiger partial charge in [0.2, 0.25) is 5.78 Å². The third kappa shape index (κ3) is 13.1. The molecule has 4 atom stereocenters. The summed E-state index contributed by atoms with van der Waals surface area (Å²) < 4.78 is 21.8. The van der Waals surface area contributed by atoms with E-state index in [0.29, 0.717) is 11.1 Å². The van der Waals surface area contributed by atoms with Crippen LogP contribution in [0.5, 0.6) is 0 Å². The van der Waals surface area contributed by atoms with E-state index in [2.05, 4.69) is 10.6 Å². The Morgan fingerprint density at radius 1 is 0.587 bits per heavy atom. The maximum Gasteiger partial charge on any atom is 0.408 e. The normalized spacial score (nSPS) is 14.3. The highest BCUT2D eigenvalue weighted by atomic mass is 16.6. The molecule has 4 N–H and O–H groups in total. The maximum atomic E-state index is 14.0. The number of ether oxygens (including phenoxy) is 4. The van der Waals surface area contributed by atoms with Gasteiger partial charge in [-0.05, 0) is 52.7 Å². The van der Waals surface area contributed by atoms with Crippen LogP contribution in [0.3, 0.4) is 0 Å². The van der Waals surface area contributed by atoms with Gasteiger partial charge < -0.3 is 39.8 Å². The van der Waals surface area contributed by atoms with Crippen LogP contribution in [0, 0.1) is 0 Å². The summed E-state index contributed by atoms with van der Waals surface area (Å²) in [6.07, 6.45) is -6.13. The number of alkyl carbamates (subject to hydrolysis) is 2. The van der Waals surface area contributed by atoms with E-state index in [1.807, 2.05) is 0 Å². The van der Waals surface area contributed by atoms with Crippen LogP contribution < -0.4 is 10.6 Å². The predicted octanol–water partition coefficient (Wildman–Crippen LogP) is 2.64. The van der Waals surface area contributed by atoms with Crippen LogP contribution in [0.25, 0.3) is 0 Å². The molecule has 2 aromatic rings. The highest BCUT2D eigenvalue weighted by Crippen LogP contribution is 2.21. The number of Topliss-reactive ketones (excluding diaryl/α,β-unsaturated/α-hetero) is 3. The van der Waals surface area contributed by atoms with Crippen LogP contribution in [-0.2, 0) is 46.5 Å². The minimum absolute atomic E-state index is 0.126. The van der Waals surface area contributed by atoms with Crippen molar-refractivity contribution in [2.75, 3.05) is 13.2 Å². The number of ketones is 3. The topological polar surface area (TPSA) is 187 Å². The van der Waals surface area contributed by atoms with Crippen molar-refractivity contribution in [3.05, 3.63) is 71.8 Å². The van der Waals surface area contributed by atoms with E-state index in [0.717, 1.165) is 0 Å². The van der Waals surface area contributed by atoms with E-state index >= 15 is 0 Å². The van der Waals surface area contributed by atoms with E-state index in [-0.39, 0.29) is 13.2 Å². The number of carbonyl (C=O) groups excluding carboxylic acids is 5. The summed E-state index contributed by atoms with van der Waals surface area (Å²) in [6, 6.07) is 14.1. The largest absolute Gasteiger partial charge is 0.445 e. The van der Waals surface area contributed by atoms with E-state index < -0.39 is 78.2 Å². The van der Waals surface area contributed by atoms with Gasteiger partial charge in [-0.2, -0.15) is 0 Å². The Labute approximate surface area is 268 Å². The zero-order valence-electron chi connectivity index (χ0n) is 27.0. The van der Waals surface area contributed by atoms with Gasteiger partial charge in [0.25, 0.3) is 0 Å². The molecule has 0 bridgehead atoms. The first-order valence-electron chi connectivity index (χ1n) is 14.7. The average Bonchev–Trinajstić information content (AvgIpc) is 3.01. The van der Waals surface area contributed by atoms with Gasteiger partial charge in [0, 0.05) is 0 Å². The Morgan fingerprint density at radius 2 is 0.913 bits per heavy atom. The molecule has 13 nitrogen and oxygen atoms in total. The summed E-state index contributed by atoms with van der Waals surface area (Å²) in [6.45, 7) is 7.22. The first-order chi connectivity index (χ1) is 21.5. The first-order valence-corrected chi connectivity index (χ1v) is 14.7. The van der Waals surface area contributed by atoms with Crippen molar-refractivity contribution >= 4 is 29.5 Å². The smallest absolute Gasteiger partial charge is 0.408 e. The summed E-state index contributed by atoms with van der Waals surface area (Å²) in [5.74, 6) is -3.33. The second kappa shape index (κ2) is 17.5. The molecule has 2 unspecified atom stereocenters. The van der Waals surface area contributed by atoms with E-state index in [4.69, 9.17) is 18.9 Å². The molecule has 0 saturated heterocycles. The Morgan fingerprint density at radius 3 is 1.20 bits per heavy atom. The fourth-order valence-electron chi connectivity index (χ4n) is 3.95. The molecule has 13 heteroatoms. The molecule has 0 fully saturated rings. The van der Waals surface area contributed by atoms with Crippen LogP contribution in [0.15, 0.2) is 60.7 Å². The number of aliphatic hydroxyl groups is 2. The van der Waals surface area contributed by atoms with Crippen molar-refractivity contribution in [2.45, 2.75) is 90.2 Å². The molecule has 0 saturated carbocycles. The van der Waals surface area contributed by atoms with Crippen molar-refractivity contribution in [3.8, 4) is 0 Å². The molecule has 0 radical (unpaired) electrons. The lowest BCUT2D eigenvalue weighted by molar-refractivity contribution is -0.171. The molecule has 2 rings (SSSR count). The molecular formula is C33H44N2O11. The summed E-state index contributed by atoms with van der Waals surface area (Å²) >= 11 is 0. The summed E-state index contributed by atoms with van der Waals surface area (Å²) in [7, 11) is 0. The Balaban J connectivity index is 2.28. The summed E-state index contributed by atoms with van der Waals surface area (Å²) in [5.41, 5.74) is -0.917. The number of rotatable bonds is 16.